The van der Waals surface area contributed by atoms with E-state index in [2.05, 4.69) is 15.3 Å². The Morgan fingerprint density at radius 1 is 1.31 bits per heavy atom. The Morgan fingerprint density at radius 3 is 2.88 bits per heavy atom. The molecule has 0 aliphatic carbocycles. The molecule has 3 heterocycles. The number of carbonyl (C=O) groups excluding carboxylic acids is 1. The van der Waals surface area contributed by atoms with E-state index in [1.54, 1.807) is 37.5 Å². The smallest absolute Gasteiger partial charge is 0.341 e. The summed E-state index contributed by atoms with van der Waals surface area (Å²) in [5, 5.41) is 2.86. The van der Waals surface area contributed by atoms with Gasteiger partial charge in [0.1, 0.15) is 16.9 Å². The first-order valence-corrected chi connectivity index (χ1v) is 8.13. The Labute approximate surface area is 150 Å². The lowest BCUT2D eigenvalue weighted by molar-refractivity contribution is -0.136. The summed E-state index contributed by atoms with van der Waals surface area (Å²) in [4.78, 5) is 33.3. The van der Waals surface area contributed by atoms with Crippen LogP contribution in [-0.4, -0.2) is 26.9 Å². The molecule has 1 N–H and O–H groups in total. The number of aromatic nitrogens is 3. The molecule has 0 unspecified atom stereocenters. The van der Waals surface area contributed by atoms with Crippen molar-refractivity contribution >= 4 is 22.9 Å². The summed E-state index contributed by atoms with van der Waals surface area (Å²) < 4.78 is 6.51. The minimum atomic E-state index is -0.525. The molecule has 0 atom stereocenters. The van der Waals surface area contributed by atoms with Crippen molar-refractivity contribution in [1.82, 2.24) is 14.4 Å². The van der Waals surface area contributed by atoms with Crippen LogP contribution >= 0.6 is 0 Å². The third-order valence-electron chi connectivity index (χ3n) is 3.67. The Morgan fingerprint density at radius 2 is 2.15 bits per heavy atom. The quantitative estimate of drug-likeness (QED) is 0.562. The third kappa shape index (κ3) is 3.61. The van der Waals surface area contributed by atoms with Gasteiger partial charge >= 0.3 is 5.97 Å². The minimum Gasteiger partial charge on any atom is -0.462 e. The van der Waals surface area contributed by atoms with Gasteiger partial charge in [0.25, 0.3) is 5.56 Å². The topological polar surface area (TPSA) is 85.6 Å². The number of esters is 1. The summed E-state index contributed by atoms with van der Waals surface area (Å²) in [6, 6.07) is 8.86. The van der Waals surface area contributed by atoms with E-state index in [1.165, 1.54) is 16.8 Å². The van der Waals surface area contributed by atoms with Gasteiger partial charge < -0.3 is 10.1 Å². The van der Waals surface area contributed by atoms with Crippen LogP contribution in [0.2, 0.25) is 0 Å². The fourth-order valence-electron chi connectivity index (χ4n) is 2.39. The Kier molecular flexibility index (Phi) is 5.07. The van der Waals surface area contributed by atoms with Crippen molar-refractivity contribution in [1.29, 1.82) is 0 Å². The SMILES string of the molecule is CCOC(=O)/C(=C\Nc1cnc2cc(C)ccn2c1=O)c1ccccn1. The van der Waals surface area contributed by atoms with Crippen molar-refractivity contribution < 1.29 is 9.53 Å². The molecule has 0 spiro atoms. The molecule has 0 radical (unpaired) electrons. The van der Waals surface area contributed by atoms with Crippen LogP contribution < -0.4 is 10.9 Å². The number of hydrogen-bond donors (Lipinski definition) is 1. The van der Waals surface area contributed by atoms with E-state index in [-0.39, 0.29) is 23.4 Å². The Balaban J connectivity index is 1.98. The molecule has 3 aromatic heterocycles. The highest BCUT2D eigenvalue weighted by Gasteiger charge is 2.15. The predicted molar refractivity (Wildman–Crippen MR) is 98.7 cm³/mol. The van der Waals surface area contributed by atoms with Gasteiger partial charge in [-0.15, -0.1) is 0 Å². The molecule has 3 rings (SSSR count). The number of hydrogen-bond acceptors (Lipinski definition) is 6. The van der Waals surface area contributed by atoms with Gasteiger partial charge in [-0.1, -0.05) is 6.07 Å². The van der Waals surface area contributed by atoms with Gasteiger partial charge in [0.05, 0.1) is 18.5 Å². The lowest BCUT2D eigenvalue weighted by Gasteiger charge is -2.08. The van der Waals surface area contributed by atoms with Gasteiger partial charge in [-0.3, -0.25) is 14.2 Å². The number of nitrogens with zero attached hydrogens (tertiary/aromatic N) is 3. The Bertz CT molecular complexity index is 1030. The molecule has 0 fully saturated rings. The first-order valence-electron chi connectivity index (χ1n) is 8.13. The van der Waals surface area contributed by atoms with Crippen LogP contribution in [0.15, 0.2) is 59.9 Å². The average Bonchev–Trinajstić information content (AvgIpc) is 2.64. The zero-order valence-corrected chi connectivity index (χ0v) is 14.5. The number of rotatable bonds is 5. The summed E-state index contributed by atoms with van der Waals surface area (Å²) in [6.07, 6.45) is 6.10. The summed E-state index contributed by atoms with van der Waals surface area (Å²) in [7, 11) is 0. The zero-order valence-electron chi connectivity index (χ0n) is 14.5. The third-order valence-corrected chi connectivity index (χ3v) is 3.67. The van der Waals surface area contributed by atoms with E-state index >= 15 is 0 Å². The maximum absolute atomic E-state index is 12.6. The fourth-order valence-corrected chi connectivity index (χ4v) is 2.39. The highest BCUT2D eigenvalue weighted by molar-refractivity contribution is 6.16. The molecule has 132 valence electrons. The number of carbonyl (C=O) groups is 1. The molecular formula is C19H18N4O3. The molecule has 7 nitrogen and oxygen atoms in total. The second kappa shape index (κ2) is 7.60. The van der Waals surface area contributed by atoms with E-state index in [0.717, 1.165) is 5.56 Å². The molecule has 0 saturated carbocycles. The molecule has 0 aliphatic heterocycles. The van der Waals surface area contributed by atoms with Gasteiger partial charge in [-0.25, -0.2) is 9.78 Å². The van der Waals surface area contributed by atoms with Crippen LogP contribution in [-0.2, 0) is 9.53 Å². The summed E-state index contributed by atoms with van der Waals surface area (Å²) in [5.41, 5.74) is 2.21. The Hall–Kier alpha value is -3.48. The van der Waals surface area contributed by atoms with Crippen LogP contribution in [0.3, 0.4) is 0 Å². The van der Waals surface area contributed by atoms with Gasteiger partial charge in [0.2, 0.25) is 0 Å². The number of ether oxygens (including phenoxy) is 1. The maximum Gasteiger partial charge on any atom is 0.341 e. The lowest BCUT2D eigenvalue weighted by atomic mass is 10.2. The van der Waals surface area contributed by atoms with E-state index in [0.29, 0.717) is 11.3 Å². The van der Waals surface area contributed by atoms with Crippen LogP contribution in [0.1, 0.15) is 18.2 Å². The molecule has 3 aromatic rings. The van der Waals surface area contributed by atoms with Crippen molar-refractivity contribution in [3.63, 3.8) is 0 Å². The van der Waals surface area contributed by atoms with Crippen LogP contribution in [0.25, 0.3) is 11.2 Å². The van der Waals surface area contributed by atoms with Crippen LogP contribution in [0, 0.1) is 6.92 Å². The maximum atomic E-state index is 12.6. The van der Waals surface area contributed by atoms with Gasteiger partial charge in [-0.05, 0) is 43.7 Å². The second-order valence-electron chi connectivity index (χ2n) is 5.55. The highest BCUT2D eigenvalue weighted by Crippen LogP contribution is 2.14. The number of nitrogens with one attached hydrogen (secondary N) is 1. The summed E-state index contributed by atoms with van der Waals surface area (Å²) in [6.45, 7) is 3.89. The zero-order chi connectivity index (χ0) is 18.5. The lowest BCUT2D eigenvalue weighted by Crippen LogP contribution is -2.18. The van der Waals surface area contributed by atoms with E-state index < -0.39 is 5.97 Å². The molecule has 0 aromatic carbocycles. The van der Waals surface area contributed by atoms with E-state index in [4.69, 9.17) is 4.74 Å². The second-order valence-corrected chi connectivity index (χ2v) is 5.55. The molecule has 26 heavy (non-hydrogen) atoms. The minimum absolute atomic E-state index is 0.223. The van der Waals surface area contributed by atoms with Gasteiger partial charge in [0.15, 0.2) is 0 Å². The summed E-state index contributed by atoms with van der Waals surface area (Å²) in [5.74, 6) is -0.525. The van der Waals surface area contributed by atoms with Crippen molar-refractivity contribution in [3.05, 3.63) is 76.7 Å². The molecule has 0 bridgehead atoms. The molecule has 7 heteroatoms. The normalized spacial score (nSPS) is 11.4. The van der Waals surface area contributed by atoms with Gasteiger partial charge in [0, 0.05) is 18.6 Å². The fraction of sp³-hybridized carbons (Fsp3) is 0.158. The molecule has 0 amide bonds. The molecular weight excluding hydrogens is 332 g/mol. The first-order chi connectivity index (χ1) is 12.6. The monoisotopic (exact) mass is 350 g/mol. The van der Waals surface area contributed by atoms with Crippen molar-refractivity contribution in [2.24, 2.45) is 0 Å². The average molecular weight is 350 g/mol. The predicted octanol–water partition coefficient (Wildman–Crippen LogP) is 2.41. The molecule has 0 aliphatic rings. The van der Waals surface area contributed by atoms with E-state index in [9.17, 15) is 9.59 Å². The first kappa shape index (κ1) is 17.3. The van der Waals surface area contributed by atoms with Crippen LogP contribution in [0.5, 0.6) is 0 Å². The van der Waals surface area contributed by atoms with Crippen LogP contribution in [0.4, 0.5) is 5.69 Å². The van der Waals surface area contributed by atoms with Crippen molar-refractivity contribution in [3.8, 4) is 0 Å². The summed E-state index contributed by atoms with van der Waals surface area (Å²) >= 11 is 0. The number of pyridine rings is 2. The van der Waals surface area contributed by atoms with E-state index in [1.807, 2.05) is 19.1 Å². The van der Waals surface area contributed by atoms with Gasteiger partial charge in [-0.2, -0.15) is 0 Å². The molecule has 0 saturated heterocycles. The highest BCUT2D eigenvalue weighted by atomic mass is 16.5. The standard InChI is InChI=1S/C19H18N4O3/c1-3-26-19(25)14(15-6-4-5-8-20-15)11-21-16-12-22-17-10-13(2)7-9-23(17)18(16)24/h4-12,21H,3H2,1-2H3/b14-11-. The van der Waals surface area contributed by atoms with Crippen molar-refractivity contribution in [2.75, 3.05) is 11.9 Å². The number of anilines is 1. The number of aryl methyl sites for hydroxylation is 1. The number of fused-ring (bicyclic) bond motifs is 1. The largest absolute Gasteiger partial charge is 0.462 e. The van der Waals surface area contributed by atoms with Crippen molar-refractivity contribution in [2.45, 2.75) is 13.8 Å².